The average molecular weight is 507 g/mol. The fraction of sp³-hybridized carbons (Fsp3) is 0.379. The number of carbonyl (C=O) groups is 4. The Morgan fingerprint density at radius 1 is 1.08 bits per heavy atom. The summed E-state index contributed by atoms with van der Waals surface area (Å²) in [6, 6.07) is 8.11. The molecule has 1 unspecified atom stereocenters. The molecule has 2 aromatic rings. The van der Waals surface area contributed by atoms with Crippen molar-refractivity contribution >= 4 is 29.8 Å². The van der Waals surface area contributed by atoms with Crippen molar-refractivity contribution in [3.63, 3.8) is 0 Å². The lowest BCUT2D eigenvalue weighted by molar-refractivity contribution is -0.135. The van der Waals surface area contributed by atoms with Crippen LogP contribution in [0.3, 0.4) is 0 Å². The number of benzene rings is 2. The zero-order valence-corrected chi connectivity index (χ0v) is 21.0. The number of carbonyl (C=O) groups excluding carboxylic acids is 4. The van der Waals surface area contributed by atoms with Gasteiger partial charge in [0.2, 0.25) is 0 Å². The molecule has 0 saturated carbocycles. The highest BCUT2D eigenvalue weighted by Crippen LogP contribution is 2.47. The van der Waals surface area contributed by atoms with Crippen molar-refractivity contribution in [1.82, 2.24) is 0 Å². The van der Waals surface area contributed by atoms with E-state index in [1.807, 2.05) is 6.08 Å². The van der Waals surface area contributed by atoms with E-state index in [0.29, 0.717) is 60.8 Å². The Balaban J connectivity index is 1.78. The lowest BCUT2D eigenvalue weighted by Gasteiger charge is -2.27. The molecule has 2 atom stereocenters. The Labute approximate surface area is 215 Å². The summed E-state index contributed by atoms with van der Waals surface area (Å²) in [4.78, 5) is 49.7. The number of ether oxygens (including phenoxy) is 3. The van der Waals surface area contributed by atoms with Crippen molar-refractivity contribution in [1.29, 1.82) is 0 Å². The highest BCUT2D eigenvalue weighted by Gasteiger charge is 2.35. The van der Waals surface area contributed by atoms with Gasteiger partial charge in [0.25, 0.3) is 0 Å². The smallest absolute Gasteiger partial charge is 0.342 e. The Morgan fingerprint density at radius 2 is 1.81 bits per heavy atom. The van der Waals surface area contributed by atoms with Crippen molar-refractivity contribution in [2.45, 2.75) is 63.9 Å². The molecule has 194 valence electrons. The first-order valence-electron chi connectivity index (χ1n) is 12.5. The Hall–Kier alpha value is -3.94. The SMILES string of the molecule is COC(=O)c1ccc(C2CC(=O)Oc3cc4c(c(O)c32)C(=O)O[C@@H](C)CCCC(=O)CCC/C=C/4)cc1. The number of esters is 3. The molecule has 0 aliphatic carbocycles. The number of hydrogen-bond acceptors (Lipinski definition) is 8. The average Bonchev–Trinajstić information content (AvgIpc) is 2.87. The van der Waals surface area contributed by atoms with E-state index in [-0.39, 0.29) is 29.3 Å². The van der Waals surface area contributed by atoms with Crippen LogP contribution >= 0.6 is 0 Å². The largest absolute Gasteiger partial charge is 0.507 e. The first-order chi connectivity index (χ1) is 17.8. The van der Waals surface area contributed by atoms with Crippen LogP contribution < -0.4 is 4.74 Å². The second kappa shape index (κ2) is 11.4. The summed E-state index contributed by atoms with van der Waals surface area (Å²) in [5.41, 5.74) is 1.70. The molecule has 0 amide bonds. The summed E-state index contributed by atoms with van der Waals surface area (Å²) >= 11 is 0. The molecule has 0 spiro atoms. The molecule has 8 heteroatoms. The number of phenolic OH excluding ortho intramolecular Hbond substituents is 1. The third kappa shape index (κ3) is 5.90. The molecule has 1 N–H and O–H groups in total. The topological polar surface area (TPSA) is 116 Å². The first-order valence-corrected chi connectivity index (χ1v) is 12.5. The quantitative estimate of drug-likeness (QED) is 0.442. The van der Waals surface area contributed by atoms with Crippen LogP contribution in [0.15, 0.2) is 36.4 Å². The van der Waals surface area contributed by atoms with Gasteiger partial charge in [-0.05, 0) is 61.9 Å². The van der Waals surface area contributed by atoms with Gasteiger partial charge in [0.1, 0.15) is 22.8 Å². The number of hydrogen-bond donors (Lipinski definition) is 1. The predicted octanol–water partition coefficient (Wildman–Crippen LogP) is 5.10. The number of methoxy groups -OCH3 is 1. The summed E-state index contributed by atoms with van der Waals surface area (Å²) in [5.74, 6) is -2.20. The van der Waals surface area contributed by atoms with Gasteiger partial charge >= 0.3 is 17.9 Å². The third-order valence-corrected chi connectivity index (χ3v) is 6.71. The van der Waals surface area contributed by atoms with E-state index in [2.05, 4.69) is 0 Å². The van der Waals surface area contributed by atoms with Gasteiger partial charge in [-0.3, -0.25) is 9.59 Å². The van der Waals surface area contributed by atoms with E-state index in [1.54, 1.807) is 43.3 Å². The van der Waals surface area contributed by atoms with Crippen LogP contribution in [0.2, 0.25) is 0 Å². The van der Waals surface area contributed by atoms with Crippen LogP contribution in [0.25, 0.3) is 6.08 Å². The second-order valence-electron chi connectivity index (χ2n) is 9.39. The fourth-order valence-electron chi connectivity index (χ4n) is 4.77. The Morgan fingerprint density at radius 3 is 2.54 bits per heavy atom. The van der Waals surface area contributed by atoms with Gasteiger partial charge in [-0.25, -0.2) is 9.59 Å². The zero-order valence-electron chi connectivity index (χ0n) is 21.0. The number of Topliss-reactive ketones (excluding diaryl/α,β-unsaturated/α-hetero) is 1. The van der Waals surface area contributed by atoms with Crippen LogP contribution in [0, 0.1) is 0 Å². The highest BCUT2D eigenvalue weighted by molar-refractivity contribution is 5.98. The van der Waals surface area contributed by atoms with Crippen molar-refractivity contribution in [2.75, 3.05) is 7.11 Å². The fourth-order valence-corrected chi connectivity index (χ4v) is 4.77. The van der Waals surface area contributed by atoms with Crippen molar-refractivity contribution in [3.05, 3.63) is 64.2 Å². The summed E-state index contributed by atoms with van der Waals surface area (Å²) in [6.45, 7) is 1.76. The third-order valence-electron chi connectivity index (χ3n) is 6.71. The monoisotopic (exact) mass is 506 g/mol. The molecule has 0 aromatic heterocycles. The van der Waals surface area contributed by atoms with Crippen LogP contribution in [-0.4, -0.2) is 42.0 Å². The van der Waals surface area contributed by atoms with E-state index in [1.165, 1.54) is 7.11 Å². The van der Waals surface area contributed by atoms with Gasteiger partial charge in [0.05, 0.1) is 25.2 Å². The standard InChI is InChI=1S/C29H30O8/c1-17-7-6-10-21(30)9-5-3-4-8-20-15-23-26(27(32)25(20)29(34)36-17)22(16-24(31)37-23)18-11-13-19(14-12-18)28(33)35-2/h4,8,11-15,17,22,32H,3,5-7,9-10,16H2,1-2H3/b8-4+/t17-,22?/m0/s1. The van der Waals surface area contributed by atoms with Crippen molar-refractivity contribution in [3.8, 4) is 11.5 Å². The van der Waals surface area contributed by atoms with Gasteiger partial charge in [-0.2, -0.15) is 0 Å². The minimum absolute atomic E-state index is 0.00381. The number of ketones is 1. The van der Waals surface area contributed by atoms with Crippen LogP contribution in [0.5, 0.6) is 11.5 Å². The maximum atomic E-state index is 13.3. The Kier molecular flexibility index (Phi) is 8.06. The number of phenols is 1. The van der Waals surface area contributed by atoms with E-state index < -0.39 is 29.9 Å². The van der Waals surface area contributed by atoms with Crippen molar-refractivity contribution in [2.24, 2.45) is 0 Å². The molecule has 2 aliphatic heterocycles. The molecular formula is C29H30O8. The highest BCUT2D eigenvalue weighted by atomic mass is 16.5. The Bertz CT molecular complexity index is 1240. The molecule has 8 nitrogen and oxygen atoms in total. The molecule has 2 heterocycles. The molecule has 0 radical (unpaired) electrons. The minimum Gasteiger partial charge on any atom is -0.507 e. The van der Waals surface area contributed by atoms with Gasteiger partial charge in [-0.15, -0.1) is 0 Å². The van der Waals surface area contributed by atoms with Gasteiger partial charge in [-0.1, -0.05) is 24.3 Å². The molecular weight excluding hydrogens is 476 g/mol. The van der Waals surface area contributed by atoms with Crippen LogP contribution in [-0.2, 0) is 19.1 Å². The molecule has 2 aromatic carbocycles. The lowest BCUT2D eigenvalue weighted by Crippen LogP contribution is -2.23. The van der Waals surface area contributed by atoms with E-state index in [9.17, 15) is 24.3 Å². The van der Waals surface area contributed by atoms with Gasteiger partial charge in [0.15, 0.2) is 0 Å². The predicted molar refractivity (Wildman–Crippen MR) is 135 cm³/mol. The second-order valence-corrected chi connectivity index (χ2v) is 9.39. The van der Waals surface area contributed by atoms with E-state index >= 15 is 0 Å². The molecule has 0 saturated heterocycles. The molecule has 37 heavy (non-hydrogen) atoms. The van der Waals surface area contributed by atoms with E-state index in [4.69, 9.17) is 14.2 Å². The number of aromatic hydroxyl groups is 1. The van der Waals surface area contributed by atoms with Gasteiger partial charge in [0, 0.05) is 24.3 Å². The molecule has 2 aliphatic rings. The molecule has 0 fully saturated rings. The number of allylic oxidation sites excluding steroid dienone is 1. The van der Waals surface area contributed by atoms with Crippen LogP contribution in [0.1, 0.15) is 95.2 Å². The number of rotatable bonds is 2. The lowest BCUT2D eigenvalue weighted by atomic mass is 9.83. The summed E-state index contributed by atoms with van der Waals surface area (Å²) in [7, 11) is 1.29. The van der Waals surface area contributed by atoms with Crippen LogP contribution in [0.4, 0.5) is 0 Å². The summed E-state index contributed by atoms with van der Waals surface area (Å²) < 4.78 is 15.9. The van der Waals surface area contributed by atoms with E-state index in [0.717, 1.165) is 0 Å². The maximum Gasteiger partial charge on any atom is 0.342 e. The van der Waals surface area contributed by atoms with Crippen molar-refractivity contribution < 1.29 is 38.5 Å². The zero-order chi connectivity index (χ0) is 26.5. The summed E-state index contributed by atoms with van der Waals surface area (Å²) in [6.07, 6.45) is 6.38. The number of fused-ring (bicyclic) bond motifs is 2. The minimum atomic E-state index is -0.687. The van der Waals surface area contributed by atoms with Gasteiger partial charge < -0.3 is 19.3 Å². The first kappa shape index (κ1) is 26.1. The number of cyclic esters (lactones) is 1. The maximum absolute atomic E-state index is 13.3. The summed E-state index contributed by atoms with van der Waals surface area (Å²) in [5, 5.41) is 11.4. The molecule has 0 bridgehead atoms. The normalized spacial score (nSPS) is 21.5. The molecule has 4 rings (SSSR count).